The van der Waals surface area contributed by atoms with Crippen LogP contribution in [0.25, 0.3) is 6.08 Å². The van der Waals surface area contributed by atoms with Gasteiger partial charge in [0, 0.05) is 28.0 Å². The molecule has 3 heterocycles. The van der Waals surface area contributed by atoms with Crippen molar-refractivity contribution in [3.05, 3.63) is 142 Å². The van der Waals surface area contributed by atoms with E-state index < -0.39 is 23.4 Å². The van der Waals surface area contributed by atoms with Crippen LogP contribution < -0.4 is 5.32 Å². The molecule has 1 N–H and O–H groups in total. The highest BCUT2D eigenvalue weighted by molar-refractivity contribution is 6.30. The summed E-state index contributed by atoms with van der Waals surface area (Å²) in [4.78, 5) is 45.4. The maximum absolute atomic E-state index is 14.6. The maximum atomic E-state index is 14.6. The number of Topliss-reactive ketones (excluding diaryl/α,β-unsaturated/α-hetero) is 2. The molecule has 1 fully saturated rings. The smallest absolute Gasteiger partial charge is 0.238 e. The molecule has 0 aromatic heterocycles. The molecule has 0 radical (unpaired) electrons. The third kappa shape index (κ3) is 3.30. The van der Waals surface area contributed by atoms with Crippen LogP contribution in [0.1, 0.15) is 43.4 Å². The number of para-hydroxylation sites is 1. The van der Waals surface area contributed by atoms with E-state index in [2.05, 4.69) is 5.32 Å². The van der Waals surface area contributed by atoms with E-state index in [0.717, 1.165) is 16.7 Å². The number of hydrogen-bond donors (Lipinski definition) is 1. The highest BCUT2D eigenvalue weighted by Gasteiger charge is 2.70. The molecule has 4 aromatic carbocycles. The van der Waals surface area contributed by atoms with Crippen molar-refractivity contribution in [2.75, 3.05) is 5.32 Å². The molecule has 0 aliphatic carbocycles. The van der Waals surface area contributed by atoms with E-state index in [1.165, 1.54) is 0 Å². The fraction of sp³-hybridized carbons (Fsp3) is 0.121. The van der Waals surface area contributed by atoms with Gasteiger partial charge < -0.3 is 10.2 Å². The van der Waals surface area contributed by atoms with Gasteiger partial charge >= 0.3 is 0 Å². The number of halogens is 1. The summed E-state index contributed by atoms with van der Waals surface area (Å²) in [6.07, 6.45) is 3.83. The first-order valence-electron chi connectivity index (χ1n) is 12.9. The Morgan fingerprint density at radius 1 is 0.769 bits per heavy atom. The molecule has 1 amide bonds. The summed E-state index contributed by atoms with van der Waals surface area (Å²) >= 11 is 6.14. The summed E-state index contributed by atoms with van der Waals surface area (Å²) in [6.45, 7) is 0. The first kappa shape index (κ1) is 23.6. The second-order valence-corrected chi connectivity index (χ2v) is 10.6. The minimum absolute atomic E-state index is 0.232. The van der Waals surface area contributed by atoms with E-state index in [4.69, 9.17) is 11.6 Å². The Morgan fingerprint density at radius 3 is 2.23 bits per heavy atom. The van der Waals surface area contributed by atoms with E-state index in [-0.39, 0.29) is 17.5 Å². The number of ketones is 2. The van der Waals surface area contributed by atoms with Gasteiger partial charge in [-0.2, -0.15) is 0 Å². The van der Waals surface area contributed by atoms with Crippen molar-refractivity contribution >= 4 is 40.8 Å². The normalized spacial score (nSPS) is 24.2. The Morgan fingerprint density at radius 2 is 1.44 bits per heavy atom. The van der Waals surface area contributed by atoms with E-state index >= 15 is 0 Å². The van der Waals surface area contributed by atoms with Crippen molar-refractivity contribution in [3.8, 4) is 0 Å². The van der Waals surface area contributed by atoms with Gasteiger partial charge in [0.1, 0.15) is 11.5 Å². The van der Waals surface area contributed by atoms with E-state index in [0.29, 0.717) is 21.8 Å². The first-order chi connectivity index (χ1) is 19.0. The Labute approximate surface area is 230 Å². The second-order valence-electron chi connectivity index (χ2n) is 10.2. The zero-order valence-electron chi connectivity index (χ0n) is 20.8. The fourth-order valence-electron chi connectivity index (χ4n) is 6.73. The van der Waals surface area contributed by atoms with Crippen LogP contribution >= 0.6 is 11.6 Å². The van der Waals surface area contributed by atoms with Crippen molar-refractivity contribution in [2.45, 2.75) is 17.5 Å². The number of carbonyl (C=O) groups is 3. The van der Waals surface area contributed by atoms with Crippen LogP contribution in [0, 0.1) is 5.92 Å². The summed E-state index contributed by atoms with van der Waals surface area (Å²) < 4.78 is 0. The Hall–Kier alpha value is -4.48. The Balaban J connectivity index is 1.54. The molecular weight excluding hydrogens is 508 g/mol. The molecule has 0 unspecified atom stereocenters. The Kier molecular flexibility index (Phi) is 5.32. The Bertz CT molecular complexity index is 1680. The summed E-state index contributed by atoms with van der Waals surface area (Å²) in [7, 11) is 0. The molecule has 0 saturated carbocycles. The second kappa shape index (κ2) is 8.79. The van der Waals surface area contributed by atoms with Crippen molar-refractivity contribution in [1.82, 2.24) is 4.90 Å². The van der Waals surface area contributed by atoms with Gasteiger partial charge in [-0.15, -0.1) is 0 Å². The number of amides is 1. The quantitative estimate of drug-likeness (QED) is 0.313. The number of hydrogen-bond acceptors (Lipinski definition) is 4. The molecule has 0 bridgehead atoms. The van der Waals surface area contributed by atoms with Crippen LogP contribution in [0.2, 0.25) is 5.02 Å². The number of rotatable bonds is 4. The SMILES string of the molecule is O=C(c1ccc(Cl)cc1)[C@H]1[C@H](C(=O)c2ccccc2)[C@]2(C(=O)Nc3ccccc32)[C@@H]2c3ccccc3C=CN21. The highest BCUT2D eigenvalue weighted by atomic mass is 35.5. The molecule has 1 saturated heterocycles. The van der Waals surface area contributed by atoms with Crippen LogP contribution in [-0.2, 0) is 10.2 Å². The lowest BCUT2D eigenvalue weighted by atomic mass is 9.62. The lowest BCUT2D eigenvalue weighted by molar-refractivity contribution is -0.122. The predicted octanol–water partition coefficient (Wildman–Crippen LogP) is 6.32. The van der Waals surface area contributed by atoms with Crippen molar-refractivity contribution < 1.29 is 14.4 Å². The predicted molar refractivity (Wildman–Crippen MR) is 151 cm³/mol. The zero-order valence-corrected chi connectivity index (χ0v) is 21.5. The van der Waals surface area contributed by atoms with Crippen LogP contribution in [0.4, 0.5) is 5.69 Å². The zero-order chi connectivity index (χ0) is 26.7. The van der Waals surface area contributed by atoms with Crippen molar-refractivity contribution in [3.63, 3.8) is 0 Å². The molecule has 3 aliphatic heterocycles. The minimum atomic E-state index is -1.34. The molecule has 190 valence electrons. The minimum Gasteiger partial charge on any atom is -0.358 e. The van der Waals surface area contributed by atoms with E-state index in [9.17, 15) is 14.4 Å². The number of benzene rings is 4. The monoisotopic (exact) mass is 530 g/mol. The number of nitrogens with zero attached hydrogens (tertiary/aromatic N) is 1. The van der Waals surface area contributed by atoms with Gasteiger partial charge in [0.05, 0.1) is 12.0 Å². The third-order valence-corrected chi connectivity index (χ3v) is 8.56. The molecule has 39 heavy (non-hydrogen) atoms. The average molecular weight is 531 g/mol. The standard InChI is InChI=1S/C33H23ClN2O3/c34-23-16-14-22(15-17-23)30(38)28-27(29(37)21-9-2-1-3-10-21)33(25-12-6-7-13-26(25)35-32(33)39)31-24-11-5-4-8-20(24)18-19-36(28)31/h1-19,27-28,31H,(H,35,39)/t27-,28-,31+,33+/m1/s1. The van der Waals surface area contributed by atoms with Crippen LogP contribution in [-0.4, -0.2) is 28.4 Å². The molecule has 4 atom stereocenters. The topological polar surface area (TPSA) is 66.5 Å². The highest BCUT2D eigenvalue weighted by Crippen LogP contribution is 2.62. The number of fused-ring (bicyclic) bond motifs is 6. The van der Waals surface area contributed by atoms with E-state index in [1.54, 1.807) is 48.5 Å². The summed E-state index contributed by atoms with van der Waals surface area (Å²) in [6, 6.07) is 29.5. The van der Waals surface area contributed by atoms with Gasteiger partial charge in [0.2, 0.25) is 5.91 Å². The molecule has 5 nitrogen and oxygen atoms in total. The lowest BCUT2D eigenvalue weighted by Crippen LogP contribution is -2.49. The molecule has 4 aromatic rings. The van der Waals surface area contributed by atoms with Gasteiger partial charge in [-0.05, 0) is 53.1 Å². The molecule has 1 spiro atoms. The largest absolute Gasteiger partial charge is 0.358 e. The number of carbonyl (C=O) groups excluding carboxylic acids is 3. The van der Waals surface area contributed by atoms with Crippen molar-refractivity contribution in [1.29, 1.82) is 0 Å². The van der Waals surface area contributed by atoms with Gasteiger partial charge in [0.25, 0.3) is 0 Å². The number of anilines is 1. The summed E-state index contributed by atoms with van der Waals surface area (Å²) in [5, 5.41) is 3.58. The molecule has 7 rings (SSSR count). The lowest BCUT2D eigenvalue weighted by Gasteiger charge is -2.38. The van der Waals surface area contributed by atoms with Crippen molar-refractivity contribution in [2.24, 2.45) is 5.92 Å². The summed E-state index contributed by atoms with van der Waals surface area (Å²) in [5.74, 6) is -1.74. The van der Waals surface area contributed by atoms with Gasteiger partial charge in [-0.1, -0.05) is 84.4 Å². The average Bonchev–Trinajstić information content (AvgIpc) is 3.45. The van der Waals surface area contributed by atoms with Gasteiger partial charge in [0.15, 0.2) is 11.6 Å². The fourth-order valence-corrected chi connectivity index (χ4v) is 6.86. The van der Waals surface area contributed by atoms with Gasteiger partial charge in [-0.25, -0.2) is 0 Å². The van der Waals surface area contributed by atoms with Crippen LogP contribution in [0.15, 0.2) is 109 Å². The van der Waals surface area contributed by atoms with Crippen LogP contribution in [0.3, 0.4) is 0 Å². The third-order valence-electron chi connectivity index (χ3n) is 8.31. The first-order valence-corrected chi connectivity index (χ1v) is 13.2. The van der Waals surface area contributed by atoms with Gasteiger partial charge in [-0.3, -0.25) is 14.4 Å². The maximum Gasteiger partial charge on any atom is 0.238 e. The van der Waals surface area contributed by atoms with Crippen LogP contribution in [0.5, 0.6) is 0 Å². The molecular formula is C33H23ClN2O3. The molecule has 3 aliphatic rings. The summed E-state index contributed by atoms with van der Waals surface area (Å²) in [5.41, 5.74) is 2.83. The number of nitrogens with one attached hydrogen (secondary N) is 1. The molecule has 6 heteroatoms. The van der Waals surface area contributed by atoms with E-state index in [1.807, 2.05) is 71.8 Å².